The Hall–Kier alpha value is -1.30. The van der Waals surface area contributed by atoms with E-state index < -0.39 is 0 Å². The molecule has 27 heavy (non-hydrogen) atoms. The molecule has 0 radical (unpaired) electrons. The highest BCUT2D eigenvalue weighted by Crippen LogP contribution is 2.38. The first-order valence-electron chi connectivity index (χ1n) is 11.1. The zero-order valence-corrected chi connectivity index (χ0v) is 16.8. The summed E-state index contributed by atoms with van der Waals surface area (Å²) < 4.78 is 5.30. The van der Waals surface area contributed by atoms with Crippen molar-refractivity contribution >= 4 is 12.0 Å². The highest BCUT2D eigenvalue weighted by molar-refractivity contribution is 5.76. The van der Waals surface area contributed by atoms with E-state index in [-0.39, 0.29) is 6.09 Å². The number of fused-ring (bicyclic) bond motifs is 2. The second-order valence-corrected chi connectivity index (χ2v) is 8.94. The number of rotatable bonds is 4. The average Bonchev–Trinajstić information content (AvgIpc) is 2.64. The van der Waals surface area contributed by atoms with E-state index in [0.29, 0.717) is 36.6 Å². The quantitative estimate of drug-likeness (QED) is 0.756. The van der Waals surface area contributed by atoms with Crippen LogP contribution in [0.1, 0.15) is 64.7 Å². The van der Waals surface area contributed by atoms with Crippen molar-refractivity contribution in [3.63, 3.8) is 0 Å². The van der Waals surface area contributed by atoms with Gasteiger partial charge in [0.1, 0.15) is 0 Å². The lowest BCUT2D eigenvalue weighted by molar-refractivity contribution is -0.135. The second-order valence-electron chi connectivity index (χ2n) is 8.94. The average molecular weight is 378 g/mol. The summed E-state index contributed by atoms with van der Waals surface area (Å²) in [6, 6.07) is 1.26. The number of piperidine rings is 3. The minimum atomic E-state index is -0.112. The molecule has 2 atom stereocenters. The monoisotopic (exact) mass is 377 g/mol. The van der Waals surface area contributed by atoms with Gasteiger partial charge in [0.05, 0.1) is 6.61 Å². The molecule has 2 amide bonds. The molecule has 4 rings (SSSR count). The predicted molar refractivity (Wildman–Crippen MR) is 103 cm³/mol. The van der Waals surface area contributed by atoms with Crippen LogP contribution in [0.3, 0.4) is 0 Å². The Morgan fingerprint density at radius 3 is 2.22 bits per heavy atom. The van der Waals surface area contributed by atoms with Gasteiger partial charge in [-0.3, -0.25) is 9.69 Å². The molecule has 4 heterocycles. The molecule has 0 aromatic carbocycles. The van der Waals surface area contributed by atoms with Crippen LogP contribution in [0, 0.1) is 5.92 Å². The van der Waals surface area contributed by atoms with Crippen molar-refractivity contribution in [1.82, 2.24) is 14.7 Å². The van der Waals surface area contributed by atoms with Gasteiger partial charge in [-0.05, 0) is 64.2 Å². The largest absolute Gasteiger partial charge is 0.450 e. The van der Waals surface area contributed by atoms with E-state index in [2.05, 4.69) is 9.80 Å². The minimum Gasteiger partial charge on any atom is -0.450 e. The van der Waals surface area contributed by atoms with E-state index in [0.717, 1.165) is 58.3 Å². The third-order valence-corrected chi connectivity index (χ3v) is 7.10. The fraction of sp³-hybridized carbons (Fsp3) is 0.905. The van der Waals surface area contributed by atoms with E-state index in [4.69, 9.17) is 4.74 Å². The lowest BCUT2D eigenvalue weighted by atomic mass is 9.79. The third kappa shape index (κ3) is 4.10. The van der Waals surface area contributed by atoms with E-state index in [1.807, 2.05) is 11.8 Å². The predicted octanol–water partition coefficient (Wildman–Crippen LogP) is 2.86. The maximum Gasteiger partial charge on any atom is 0.410 e. The minimum absolute atomic E-state index is 0.112. The van der Waals surface area contributed by atoms with Crippen LogP contribution in [-0.2, 0) is 9.53 Å². The van der Waals surface area contributed by atoms with Crippen molar-refractivity contribution in [2.45, 2.75) is 82.8 Å². The SMILES string of the molecule is CCOC(=O)N1C2CCCC1CC(N1CC(CC(=O)N3CCCCC3)C1)C2. The summed E-state index contributed by atoms with van der Waals surface area (Å²) >= 11 is 0. The molecule has 4 aliphatic heterocycles. The molecule has 4 aliphatic rings. The van der Waals surface area contributed by atoms with E-state index in [1.165, 1.54) is 25.7 Å². The molecule has 6 nitrogen and oxygen atoms in total. The number of hydrogen-bond acceptors (Lipinski definition) is 4. The lowest BCUT2D eigenvalue weighted by Crippen LogP contribution is -2.62. The molecule has 2 bridgehead atoms. The van der Waals surface area contributed by atoms with Crippen LogP contribution in [0.15, 0.2) is 0 Å². The van der Waals surface area contributed by atoms with Crippen LogP contribution < -0.4 is 0 Å². The number of amides is 2. The normalized spacial score (nSPS) is 32.1. The zero-order valence-electron chi connectivity index (χ0n) is 16.8. The van der Waals surface area contributed by atoms with Crippen molar-refractivity contribution in [2.24, 2.45) is 5.92 Å². The zero-order chi connectivity index (χ0) is 18.8. The summed E-state index contributed by atoms with van der Waals surface area (Å²) in [5.74, 6) is 0.899. The topological polar surface area (TPSA) is 53.1 Å². The van der Waals surface area contributed by atoms with Crippen LogP contribution in [0.25, 0.3) is 0 Å². The maximum atomic E-state index is 12.5. The molecule has 4 fully saturated rings. The molecule has 0 aromatic rings. The summed E-state index contributed by atoms with van der Waals surface area (Å²) in [7, 11) is 0. The molecule has 2 unspecified atom stereocenters. The highest BCUT2D eigenvalue weighted by Gasteiger charge is 2.45. The fourth-order valence-corrected chi connectivity index (χ4v) is 5.70. The van der Waals surface area contributed by atoms with Crippen molar-refractivity contribution in [2.75, 3.05) is 32.8 Å². The van der Waals surface area contributed by atoms with Gasteiger partial charge in [0.15, 0.2) is 0 Å². The number of carbonyl (C=O) groups is 2. The molecule has 0 aromatic heterocycles. The van der Waals surface area contributed by atoms with Gasteiger partial charge in [-0.25, -0.2) is 4.79 Å². The van der Waals surface area contributed by atoms with Crippen molar-refractivity contribution < 1.29 is 14.3 Å². The van der Waals surface area contributed by atoms with E-state index in [9.17, 15) is 9.59 Å². The van der Waals surface area contributed by atoms with Crippen LogP contribution in [0.4, 0.5) is 4.79 Å². The molecule has 4 saturated heterocycles. The Bertz CT molecular complexity index is 529. The van der Waals surface area contributed by atoms with Gasteiger partial charge in [0.2, 0.25) is 5.91 Å². The number of nitrogens with zero attached hydrogens (tertiary/aromatic N) is 3. The molecule has 0 N–H and O–H groups in total. The van der Waals surface area contributed by atoms with Crippen LogP contribution in [0.5, 0.6) is 0 Å². The number of likely N-dealkylation sites (tertiary alicyclic amines) is 2. The Labute approximate surface area is 163 Å². The Balaban J connectivity index is 1.25. The summed E-state index contributed by atoms with van der Waals surface area (Å²) in [5, 5.41) is 0. The molecule has 0 spiro atoms. The van der Waals surface area contributed by atoms with Gasteiger partial charge in [0.25, 0.3) is 0 Å². The van der Waals surface area contributed by atoms with Gasteiger partial charge < -0.3 is 14.5 Å². The summed E-state index contributed by atoms with van der Waals surface area (Å²) in [6.07, 6.45) is 9.81. The van der Waals surface area contributed by atoms with E-state index in [1.54, 1.807) is 0 Å². The summed E-state index contributed by atoms with van der Waals surface area (Å²) in [6.45, 7) is 6.38. The molecule has 152 valence electrons. The Kier molecular flexibility index (Phi) is 5.90. The fourth-order valence-electron chi connectivity index (χ4n) is 5.70. The van der Waals surface area contributed by atoms with E-state index >= 15 is 0 Å². The molecule has 0 saturated carbocycles. The lowest BCUT2D eigenvalue weighted by Gasteiger charge is -2.53. The van der Waals surface area contributed by atoms with Gasteiger partial charge in [-0.15, -0.1) is 0 Å². The van der Waals surface area contributed by atoms with Crippen molar-refractivity contribution in [3.05, 3.63) is 0 Å². The smallest absolute Gasteiger partial charge is 0.410 e. The first-order valence-corrected chi connectivity index (χ1v) is 11.1. The molecular weight excluding hydrogens is 342 g/mol. The van der Waals surface area contributed by atoms with Crippen LogP contribution in [-0.4, -0.2) is 77.6 Å². The number of ether oxygens (including phenoxy) is 1. The molecule has 6 heteroatoms. The van der Waals surface area contributed by atoms with Crippen molar-refractivity contribution in [1.29, 1.82) is 0 Å². The van der Waals surface area contributed by atoms with Gasteiger partial charge in [-0.2, -0.15) is 0 Å². The standard InChI is InChI=1S/C21H35N3O3/c1-2-27-21(26)24-17-7-6-8-18(24)13-19(12-17)23-14-16(15-23)11-20(25)22-9-4-3-5-10-22/h16-19H,2-15H2,1H3. The Morgan fingerprint density at radius 2 is 1.59 bits per heavy atom. The second kappa shape index (κ2) is 8.38. The Morgan fingerprint density at radius 1 is 0.926 bits per heavy atom. The van der Waals surface area contributed by atoms with Gasteiger partial charge in [0, 0.05) is 50.7 Å². The first kappa shape index (κ1) is 19.0. The van der Waals surface area contributed by atoms with Crippen LogP contribution in [0.2, 0.25) is 0 Å². The maximum absolute atomic E-state index is 12.5. The van der Waals surface area contributed by atoms with Crippen molar-refractivity contribution in [3.8, 4) is 0 Å². The molecular formula is C21H35N3O3. The van der Waals surface area contributed by atoms with Gasteiger partial charge >= 0.3 is 6.09 Å². The first-order chi connectivity index (χ1) is 13.2. The van der Waals surface area contributed by atoms with Crippen LogP contribution >= 0.6 is 0 Å². The summed E-state index contributed by atoms with van der Waals surface area (Å²) in [4.78, 5) is 31.5. The third-order valence-electron chi connectivity index (χ3n) is 7.10. The summed E-state index contributed by atoms with van der Waals surface area (Å²) in [5.41, 5.74) is 0. The molecule has 0 aliphatic carbocycles. The number of hydrogen-bond donors (Lipinski definition) is 0. The van der Waals surface area contributed by atoms with Gasteiger partial charge in [-0.1, -0.05) is 0 Å². The highest BCUT2D eigenvalue weighted by atomic mass is 16.6. The number of carbonyl (C=O) groups excluding carboxylic acids is 2.